The Morgan fingerprint density at radius 2 is 1.87 bits per heavy atom. The predicted molar refractivity (Wildman–Crippen MR) is 91.4 cm³/mol. The lowest BCUT2D eigenvalue weighted by molar-refractivity contribution is -0.138. The van der Waals surface area contributed by atoms with Crippen LogP contribution in [-0.4, -0.2) is 29.6 Å². The molecule has 0 heterocycles. The molecule has 23 heavy (non-hydrogen) atoms. The van der Waals surface area contributed by atoms with Crippen LogP contribution in [0.15, 0.2) is 24.3 Å². The van der Waals surface area contributed by atoms with Crippen molar-refractivity contribution >= 4 is 11.9 Å². The van der Waals surface area contributed by atoms with E-state index in [-0.39, 0.29) is 12.3 Å². The number of hydrogen-bond acceptors (Lipinski definition) is 3. The zero-order valence-electron chi connectivity index (χ0n) is 14.0. The van der Waals surface area contributed by atoms with E-state index < -0.39 is 12.0 Å². The minimum Gasteiger partial charge on any atom is -0.480 e. The quantitative estimate of drug-likeness (QED) is 0.618. The van der Waals surface area contributed by atoms with Gasteiger partial charge < -0.3 is 16.2 Å². The summed E-state index contributed by atoms with van der Waals surface area (Å²) in [7, 11) is 0. The number of benzene rings is 1. The summed E-state index contributed by atoms with van der Waals surface area (Å²) in [6, 6.07) is 6.05. The minimum atomic E-state index is -1.04. The van der Waals surface area contributed by atoms with E-state index in [0.29, 0.717) is 18.0 Å². The summed E-state index contributed by atoms with van der Waals surface area (Å²) in [5.74, 6) is -0.646. The Kier molecular flexibility index (Phi) is 8.33. The highest BCUT2D eigenvalue weighted by molar-refractivity contribution is 5.94. The maximum absolute atomic E-state index is 12.3. The second kappa shape index (κ2) is 10.0. The van der Waals surface area contributed by atoms with Crippen LogP contribution in [0.5, 0.6) is 0 Å². The highest BCUT2D eigenvalue weighted by Crippen LogP contribution is 2.13. The van der Waals surface area contributed by atoms with Crippen molar-refractivity contribution in [2.24, 2.45) is 11.7 Å². The minimum absolute atomic E-state index is 0.118. The fourth-order valence-corrected chi connectivity index (χ4v) is 2.68. The number of hydrogen-bond donors (Lipinski definition) is 3. The van der Waals surface area contributed by atoms with Gasteiger partial charge in [0.15, 0.2) is 0 Å². The van der Waals surface area contributed by atoms with E-state index in [2.05, 4.69) is 19.2 Å². The van der Waals surface area contributed by atoms with E-state index in [0.717, 1.165) is 31.2 Å². The molecule has 0 spiro atoms. The monoisotopic (exact) mass is 320 g/mol. The fraction of sp³-hybridized carbons (Fsp3) is 0.556. The molecule has 0 aliphatic rings. The van der Waals surface area contributed by atoms with Crippen molar-refractivity contribution in [1.29, 1.82) is 0 Å². The summed E-state index contributed by atoms with van der Waals surface area (Å²) < 4.78 is 0. The summed E-state index contributed by atoms with van der Waals surface area (Å²) in [4.78, 5) is 23.1. The third-order valence-electron chi connectivity index (χ3n) is 3.91. The smallest absolute Gasteiger partial charge is 0.320 e. The van der Waals surface area contributed by atoms with Crippen molar-refractivity contribution in [1.82, 2.24) is 5.32 Å². The maximum atomic E-state index is 12.3. The number of carbonyl (C=O) groups is 2. The third kappa shape index (κ3) is 6.82. The zero-order chi connectivity index (χ0) is 17.2. The van der Waals surface area contributed by atoms with Crippen molar-refractivity contribution in [3.05, 3.63) is 35.4 Å². The molecule has 0 saturated heterocycles. The zero-order valence-corrected chi connectivity index (χ0v) is 14.0. The molecule has 5 heteroatoms. The number of rotatable bonds is 10. The van der Waals surface area contributed by atoms with Crippen molar-refractivity contribution in [2.75, 3.05) is 6.54 Å². The average molecular weight is 320 g/mol. The van der Waals surface area contributed by atoms with Gasteiger partial charge in [-0.15, -0.1) is 0 Å². The molecule has 1 aromatic rings. The molecule has 0 aliphatic heterocycles. The number of aliphatic carboxylic acids is 1. The van der Waals surface area contributed by atoms with Gasteiger partial charge in [0, 0.05) is 12.1 Å². The van der Waals surface area contributed by atoms with E-state index in [4.69, 9.17) is 10.8 Å². The normalized spacial score (nSPS) is 12.2. The summed E-state index contributed by atoms with van der Waals surface area (Å²) >= 11 is 0. The molecule has 0 unspecified atom stereocenters. The first-order valence-corrected chi connectivity index (χ1v) is 8.33. The van der Waals surface area contributed by atoms with Crippen LogP contribution in [0, 0.1) is 5.92 Å². The van der Waals surface area contributed by atoms with Crippen LogP contribution in [0.25, 0.3) is 0 Å². The van der Waals surface area contributed by atoms with E-state index in [1.165, 1.54) is 0 Å². The highest BCUT2D eigenvalue weighted by atomic mass is 16.4. The number of nitrogens with one attached hydrogen (secondary N) is 1. The predicted octanol–water partition coefficient (Wildman–Crippen LogP) is 2.59. The van der Waals surface area contributed by atoms with E-state index in [9.17, 15) is 9.59 Å². The Labute approximate surface area is 138 Å². The van der Waals surface area contributed by atoms with Gasteiger partial charge in [-0.1, -0.05) is 38.8 Å². The molecule has 128 valence electrons. The summed E-state index contributed by atoms with van der Waals surface area (Å²) in [6.07, 6.45) is 4.67. The molecule has 0 fully saturated rings. The van der Waals surface area contributed by atoms with Gasteiger partial charge in [-0.2, -0.15) is 0 Å². The van der Waals surface area contributed by atoms with Crippen LogP contribution in [-0.2, 0) is 11.2 Å². The molecule has 1 atom stereocenters. The first kappa shape index (κ1) is 19.2. The molecule has 0 bridgehead atoms. The molecule has 0 aliphatic carbocycles. The molecular weight excluding hydrogens is 292 g/mol. The first-order chi connectivity index (χ1) is 11.0. The summed E-state index contributed by atoms with van der Waals surface area (Å²) in [5, 5.41) is 11.8. The second-order valence-corrected chi connectivity index (χ2v) is 6.00. The Hall–Kier alpha value is -1.88. The van der Waals surface area contributed by atoms with Crippen LogP contribution < -0.4 is 11.1 Å². The molecule has 0 radical (unpaired) electrons. The molecule has 5 nitrogen and oxygen atoms in total. The standard InChI is InChI=1S/C18H28N2O3/c1-3-6-13(7-4-2)12-20-17(21)15-9-5-8-14(10-15)11-16(19)18(22)23/h5,8-10,13,16H,3-4,6-7,11-12,19H2,1-2H3,(H,20,21)(H,22,23)/t16-/m0/s1. The maximum Gasteiger partial charge on any atom is 0.320 e. The SMILES string of the molecule is CCCC(CCC)CNC(=O)c1cccc(C[C@H](N)C(=O)O)c1. The van der Waals surface area contributed by atoms with Gasteiger partial charge in [-0.05, 0) is 42.9 Å². The van der Waals surface area contributed by atoms with E-state index in [1.807, 2.05) is 0 Å². The van der Waals surface area contributed by atoms with Gasteiger partial charge in [0.1, 0.15) is 6.04 Å². The van der Waals surface area contributed by atoms with Crippen molar-refractivity contribution in [2.45, 2.75) is 52.0 Å². The largest absolute Gasteiger partial charge is 0.480 e. The lowest BCUT2D eigenvalue weighted by Gasteiger charge is -2.16. The van der Waals surface area contributed by atoms with Gasteiger partial charge in [0.25, 0.3) is 5.91 Å². The Bertz CT molecular complexity index is 511. The molecule has 1 aromatic carbocycles. The van der Waals surface area contributed by atoms with Crippen molar-refractivity contribution in [3.8, 4) is 0 Å². The highest BCUT2D eigenvalue weighted by Gasteiger charge is 2.14. The van der Waals surface area contributed by atoms with Crippen molar-refractivity contribution < 1.29 is 14.7 Å². The molecule has 0 aromatic heterocycles. The molecule has 0 saturated carbocycles. The molecular formula is C18H28N2O3. The Morgan fingerprint density at radius 1 is 1.22 bits per heavy atom. The number of carboxylic acid groups (broad SMARTS) is 1. The first-order valence-electron chi connectivity index (χ1n) is 8.33. The Balaban J connectivity index is 2.63. The average Bonchev–Trinajstić information content (AvgIpc) is 2.52. The van der Waals surface area contributed by atoms with Gasteiger partial charge in [0.05, 0.1) is 0 Å². The van der Waals surface area contributed by atoms with E-state index >= 15 is 0 Å². The summed E-state index contributed by atoms with van der Waals surface area (Å²) in [5.41, 5.74) is 6.84. The third-order valence-corrected chi connectivity index (χ3v) is 3.91. The van der Waals surface area contributed by atoms with Gasteiger partial charge >= 0.3 is 5.97 Å². The fourth-order valence-electron chi connectivity index (χ4n) is 2.68. The molecule has 1 rings (SSSR count). The number of nitrogens with two attached hydrogens (primary N) is 1. The number of carbonyl (C=O) groups excluding carboxylic acids is 1. The van der Waals surface area contributed by atoms with Gasteiger partial charge in [0.2, 0.25) is 0 Å². The van der Waals surface area contributed by atoms with Crippen molar-refractivity contribution in [3.63, 3.8) is 0 Å². The van der Waals surface area contributed by atoms with Gasteiger partial charge in [-0.3, -0.25) is 9.59 Å². The Morgan fingerprint density at radius 3 is 2.43 bits per heavy atom. The van der Waals surface area contributed by atoms with Crippen LogP contribution in [0.3, 0.4) is 0 Å². The number of carboxylic acids is 1. The van der Waals surface area contributed by atoms with Crippen LogP contribution in [0.1, 0.15) is 55.5 Å². The second-order valence-electron chi connectivity index (χ2n) is 6.00. The number of amides is 1. The van der Waals surface area contributed by atoms with Gasteiger partial charge in [-0.25, -0.2) is 0 Å². The molecule has 4 N–H and O–H groups in total. The lowest BCUT2D eigenvalue weighted by atomic mass is 9.98. The summed E-state index contributed by atoms with van der Waals surface area (Å²) in [6.45, 7) is 4.98. The lowest BCUT2D eigenvalue weighted by Crippen LogP contribution is -2.32. The van der Waals surface area contributed by atoms with Crippen LogP contribution in [0.2, 0.25) is 0 Å². The topological polar surface area (TPSA) is 92.4 Å². The van der Waals surface area contributed by atoms with E-state index in [1.54, 1.807) is 24.3 Å². The molecule has 1 amide bonds. The van der Waals surface area contributed by atoms with Crippen LogP contribution >= 0.6 is 0 Å². The van der Waals surface area contributed by atoms with Crippen LogP contribution in [0.4, 0.5) is 0 Å².